The third-order valence-corrected chi connectivity index (χ3v) is 7.30. The number of ketones is 1. The number of Topliss-reactive ketones (excluding diaryl/α,β-unsaturated/α-hetero) is 1. The fourth-order valence-corrected chi connectivity index (χ4v) is 5.66. The van der Waals surface area contributed by atoms with Crippen LogP contribution in [0.4, 0.5) is 13.2 Å². The Morgan fingerprint density at radius 3 is 2.47 bits per heavy atom. The summed E-state index contributed by atoms with van der Waals surface area (Å²) in [6.07, 6.45) is -3.55. The smallest absolute Gasteiger partial charge is 0.383 e. The largest absolute Gasteiger partial charge is 0.522 e. The normalized spacial score (nSPS) is 28.0. The maximum atomic E-state index is 13.5. The lowest BCUT2D eigenvalue weighted by atomic mass is 9.88. The molecule has 3 N–H and O–H groups in total. The van der Waals surface area contributed by atoms with Crippen LogP contribution in [0.1, 0.15) is 59.3 Å². The second-order valence-electron chi connectivity index (χ2n) is 11.3. The first-order valence-electron chi connectivity index (χ1n) is 12.5. The zero-order chi connectivity index (χ0) is 26.8. The van der Waals surface area contributed by atoms with E-state index in [1.165, 1.54) is 4.90 Å². The minimum absolute atomic E-state index is 0.0647. The van der Waals surface area contributed by atoms with Crippen molar-refractivity contribution in [2.75, 3.05) is 19.7 Å². The minimum atomic E-state index is -5.02. The van der Waals surface area contributed by atoms with Gasteiger partial charge < -0.3 is 20.6 Å². The topological polar surface area (TPSA) is 125 Å². The van der Waals surface area contributed by atoms with Gasteiger partial charge in [-0.25, -0.2) is 0 Å². The van der Waals surface area contributed by atoms with Crippen molar-refractivity contribution >= 4 is 23.5 Å². The van der Waals surface area contributed by atoms with E-state index < -0.39 is 54.7 Å². The van der Waals surface area contributed by atoms with E-state index in [0.717, 1.165) is 12.8 Å². The number of rotatable bonds is 9. The molecule has 0 aromatic heterocycles. The van der Waals surface area contributed by atoms with Gasteiger partial charge in [-0.05, 0) is 49.4 Å². The number of carbonyl (C=O) groups excluding carboxylic acids is 4. The third-order valence-electron chi connectivity index (χ3n) is 7.30. The van der Waals surface area contributed by atoms with Crippen LogP contribution in [0.3, 0.4) is 0 Å². The molecule has 2 heterocycles. The Bertz CT molecular complexity index is 859. The van der Waals surface area contributed by atoms with Crippen molar-refractivity contribution in [2.45, 2.75) is 83.8 Å². The molecule has 3 fully saturated rings. The highest BCUT2D eigenvalue weighted by Crippen LogP contribution is 2.43. The second-order valence-corrected chi connectivity index (χ2v) is 11.3. The highest BCUT2D eigenvalue weighted by atomic mass is 19.4. The molecule has 1 unspecified atom stereocenters. The van der Waals surface area contributed by atoms with Gasteiger partial charge in [0.05, 0.1) is 6.04 Å². The molecule has 1 saturated carbocycles. The molecule has 12 heteroatoms. The van der Waals surface area contributed by atoms with Gasteiger partial charge in [0.25, 0.3) is 5.91 Å². The van der Waals surface area contributed by atoms with Crippen LogP contribution < -0.4 is 10.6 Å². The average molecular weight is 520 g/mol. The first kappa shape index (κ1) is 28.4. The molecule has 3 amide bonds. The summed E-state index contributed by atoms with van der Waals surface area (Å²) in [7, 11) is 0. The molecule has 36 heavy (non-hydrogen) atoms. The van der Waals surface area contributed by atoms with Crippen LogP contribution in [0.2, 0.25) is 0 Å². The summed E-state index contributed by atoms with van der Waals surface area (Å²) in [6, 6.07) is -2.33. The van der Waals surface area contributed by atoms with Gasteiger partial charge in [0.15, 0.2) is 5.78 Å². The van der Waals surface area contributed by atoms with Crippen molar-refractivity contribution in [1.82, 2.24) is 15.5 Å². The van der Waals surface area contributed by atoms with Gasteiger partial charge in [-0.1, -0.05) is 27.2 Å². The second kappa shape index (κ2) is 11.0. The van der Waals surface area contributed by atoms with Gasteiger partial charge in [-0.3, -0.25) is 23.9 Å². The van der Waals surface area contributed by atoms with Crippen LogP contribution in [0.25, 0.3) is 0 Å². The van der Waals surface area contributed by atoms with Gasteiger partial charge in [-0.2, -0.15) is 0 Å². The number of fused-ring (bicyclic) bond motifs is 1. The molecule has 204 valence electrons. The summed E-state index contributed by atoms with van der Waals surface area (Å²) in [5, 5.41) is 15.7. The van der Waals surface area contributed by atoms with Crippen LogP contribution in [0, 0.1) is 23.2 Å². The first-order chi connectivity index (χ1) is 16.7. The van der Waals surface area contributed by atoms with Crippen LogP contribution >= 0.6 is 0 Å². The molecule has 3 aliphatic rings. The van der Waals surface area contributed by atoms with E-state index in [9.17, 15) is 37.5 Å². The molecule has 6 atom stereocenters. The van der Waals surface area contributed by atoms with E-state index in [2.05, 4.69) is 15.4 Å². The molecule has 0 aromatic rings. The predicted octanol–water partition coefficient (Wildman–Crippen LogP) is 1.53. The van der Waals surface area contributed by atoms with E-state index in [-0.39, 0.29) is 36.0 Å². The monoisotopic (exact) mass is 519 g/mol. The predicted molar refractivity (Wildman–Crippen MR) is 121 cm³/mol. The number of ether oxygens (including phenoxy) is 1. The standard InChI is InChI=1S/C24H36F3N3O6/c1-23(2,3)10-17(31)22(35)30-11-14-5-4-6-15(14)19(30)21(34)29-16(9-13-7-8-28-20(13)33)18(32)12-36-24(25,26)27/h13-17,19,31H,4-12H2,1-3H3,(H,28,33)(H,29,34)/t13-,14-,15-,16-,17?,19-/m0/s1. The zero-order valence-electron chi connectivity index (χ0n) is 20.9. The van der Waals surface area contributed by atoms with Gasteiger partial charge in [0.2, 0.25) is 11.8 Å². The number of nitrogens with zero attached hydrogens (tertiary/aromatic N) is 1. The summed E-state index contributed by atoms with van der Waals surface area (Å²) in [5.74, 6) is -3.33. The molecular formula is C24H36F3N3O6. The molecule has 0 radical (unpaired) electrons. The number of halogens is 3. The summed E-state index contributed by atoms with van der Waals surface area (Å²) in [4.78, 5) is 52.7. The summed E-state index contributed by atoms with van der Waals surface area (Å²) in [6.45, 7) is 5.01. The Labute approximate surface area is 208 Å². The lowest BCUT2D eigenvalue weighted by Gasteiger charge is -2.32. The highest BCUT2D eigenvalue weighted by molar-refractivity contribution is 5.95. The lowest BCUT2D eigenvalue weighted by molar-refractivity contribution is -0.321. The number of aliphatic hydroxyl groups is 1. The SMILES string of the molecule is CC(C)(C)CC(O)C(=O)N1C[C@@H]2CCC[C@@H]2[C@H]1C(=O)N[C@@H](C[C@@H]1CCNC1=O)C(=O)COC(F)(F)F. The van der Waals surface area contributed by atoms with Crippen LogP contribution in [-0.4, -0.2) is 77.8 Å². The number of hydrogen-bond donors (Lipinski definition) is 3. The quantitative estimate of drug-likeness (QED) is 0.424. The maximum absolute atomic E-state index is 13.5. The number of likely N-dealkylation sites (tertiary alicyclic amines) is 1. The Morgan fingerprint density at radius 2 is 1.89 bits per heavy atom. The van der Waals surface area contributed by atoms with Crippen molar-refractivity contribution in [2.24, 2.45) is 23.2 Å². The van der Waals surface area contributed by atoms with Crippen molar-refractivity contribution in [1.29, 1.82) is 0 Å². The Morgan fingerprint density at radius 1 is 1.19 bits per heavy atom. The number of hydrogen-bond acceptors (Lipinski definition) is 6. The van der Waals surface area contributed by atoms with E-state index in [1.54, 1.807) is 0 Å². The molecular weight excluding hydrogens is 483 g/mol. The van der Waals surface area contributed by atoms with Crippen LogP contribution in [-0.2, 0) is 23.9 Å². The van der Waals surface area contributed by atoms with Crippen LogP contribution in [0.15, 0.2) is 0 Å². The molecule has 0 bridgehead atoms. The third kappa shape index (κ3) is 7.18. The Hall–Kier alpha value is -2.21. The number of alkyl halides is 3. The zero-order valence-corrected chi connectivity index (χ0v) is 20.9. The van der Waals surface area contributed by atoms with E-state index in [4.69, 9.17) is 0 Å². The van der Waals surface area contributed by atoms with E-state index in [1.807, 2.05) is 20.8 Å². The fourth-order valence-electron chi connectivity index (χ4n) is 5.66. The first-order valence-corrected chi connectivity index (χ1v) is 12.5. The average Bonchev–Trinajstić information content (AvgIpc) is 3.45. The number of amides is 3. The van der Waals surface area contributed by atoms with Gasteiger partial charge >= 0.3 is 6.36 Å². The number of nitrogens with one attached hydrogen (secondary N) is 2. The van der Waals surface area contributed by atoms with Gasteiger partial charge in [0.1, 0.15) is 18.8 Å². The van der Waals surface area contributed by atoms with E-state index >= 15 is 0 Å². The van der Waals surface area contributed by atoms with Crippen molar-refractivity contribution in [3.63, 3.8) is 0 Å². The minimum Gasteiger partial charge on any atom is -0.383 e. The Kier molecular flexibility index (Phi) is 8.70. The van der Waals surface area contributed by atoms with E-state index in [0.29, 0.717) is 25.9 Å². The lowest BCUT2D eigenvalue weighted by Crippen LogP contribution is -2.55. The highest BCUT2D eigenvalue weighted by Gasteiger charge is 2.51. The van der Waals surface area contributed by atoms with Crippen molar-refractivity contribution < 1.29 is 42.2 Å². The van der Waals surface area contributed by atoms with Crippen LogP contribution in [0.5, 0.6) is 0 Å². The Balaban J connectivity index is 1.78. The fraction of sp³-hybridized carbons (Fsp3) is 0.833. The number of carbonyl (C=O) groups is 4. The maximum Gasteiger partial charge on any atom is 0.522 e. The summed E-state index contributed by atoms with van der Waals surface area (Å²) in [5.41, 5.74) is -0.333. The summed E-state index contributed by atoms with van der Waals surface area (Å²) < 4.78 is 41.3. The molecule has 1 aliphatic carbocycles. The molecule has 2 aliphatic heterocycles. The van der Waals surface area contributed by atoms with Crippen molar-refractivity contribution in [3.05, 3.63) is 0 Å². The van der Waals surface area contributed by atoms with Gasteiger partial charge in [-0.15, -0.1) is 13.2 Å². The summed E-state index contributed by atoms with van der Waals surface area (Å²) >= 11 is 0. The molecule has 2 saturated heterocycles. The molecule has 3 rings (SSSR count). The molecule has 0 aromatic carbocycles. The number of aliphatic hydroxyl groups excluding tert-OH is 1. The molecule has 0 spiro atoms. The van der Waals surface area contributed by atoms with Crippen molar-refractivity contribution in [3.8, 4) is 0 Å². The molecule has 9 nitrogen and oxygen atoms in total. The van der Waals surface area contributed by atoms with Gasteiger partial charge in [0, 0.05) is 19.0 Å².